The molecule has 132 valence electrons. The van der Waals surface area contributed by atoms with Gasteiger partial charge in [0, 0.05) is 5.69 Å². The highest BCUT2D eigenvalue weighted by molar-refractivity contribution is 5.91. The van der Waals surface area contributed by atoms with Crippen LogP contribution in [0.1, 0.15) is 50.4 Å². The second-order valence-electron chi connectivity index (χ2n) is 7.05. The molecule has 0 aliphatic heterocycles. The summed E-state index contributed by atoms with van der Waals surface area (Å²) < 4.78 is 10.6. The maximum atomic E-state index is 12.1. The van der Waals surface area contributed by atoms with Crippen molar-refractivity contribution in [2.45, 2.75) is 46.1 Å². The van der Waals surface area contributed by atoms with Gasteiger partial charge in [0.25, 0.3) is 0 Å². The molecule has 24 heavy (non-hydrogen) atoms. The number of ether oxygens (including phenoxy) is 2. The zero-order chi connectivity index (χ0) is 17.7. The summed E-state index contributed by atoms with van der Waals surface area (Å²) in [7, 11) is 0. The van der Waals surface area contributed by atoms with Gasteiger partial charge in [-0.3, -0.25) is 0 Å². The topological polar surface area (TPSA) is 78.6 Å². The first-order chi connectivity index (χ1) is 11.4. The number of esters is 2. The highest BCUT2D eigenvalue weighted by Gasteiger charge is 2.33. The molecule has 0 unspecified atom stereocenters. The Balaban J connectivity index is 1.85. The summed E-state index contributed by atoms with van der Waals surface area (Å²) in [6.07, 6.45) is 3.03. The molecule has 0 amide bonds. The van der Waals surface area contributed by atoms with Crippen LogP contribution >= 0.6 is 0 Å². The average Bonchev–Trinajstić information content (AvgIpc) is 2.53. The molecule has 0 spiro atoms. The number of carbonyl (C=O) groups is 2. The molecule has 1 aromatic carbocycles. The SMILES string of the molecule is CC(C)[C@@H]1CC[C@H](C)C[C@H]1OC(=O)COC(=O)c1ccc(N)cc1. The number of hydrogen-bond donors (Lipinski definition) is 1. The summed E-state index contributed by atoms with van der Waals surface area (Å²) in [4.78, 5) is 24.0. The maximum absolute atomic E-state index is 12.1. The summed E-state index contributed by atoms with van der Waals surface area (Å²) in [6.45, 7) is 6.13. The molecule has 0 aromatic heterocycles. The van der Waals surface area contributed by atoms with Crippen LogP contribution in [0.15, 0.2) is 24.3 Å². The van der Waals surface area contributed by atoms with Crippen molar-refractivity contribution in [2.75, 3.05) is 12.3 Å². The molecule has 3 atom stereocenters. The van der Waals surface area contributed by atoms with Crippen molar-refractivity contribution in [3.05, 3.63) is 29.8 Å². The van der Waals surface area contributed by atoms with E-state index >= 15 is 0 Å². The van der Waals surface area contributed by atoms with Crippen molar-refractivity contribution in [1.29, 1.82) is 0 Å². The van der Waals surface area contributed by atoms with E-state index < -0.39 is 11.9 Å². The number of anilines is 1. The van der Waals surface area contributed by atoms with Gasteiger partial charge in [0.2, 0.25) is 0 Å². The molecule has 0 heterocycles. The standard InChI is InChI=1S/C19H27NO4/c1-12(2)16-9-4-13(3)10-17(16)24-18(21)11-23-19(22)14-5-7-15(20)8-6-14/h5-8,12-13,16-17H,4,9-11,20H2,1-3H3/t13-,16-,17+/m0/s1. The number of nitrogens with two attached hydrogens (primary N) is 1. The normalized spacial score (nSPS) is 23.8. The number of carbonyl (C=O) groups excluding carboxylic acids is 2. The smallest absolute Gasteiger partial charge is 0.344 e. The van der Waals surface area contributed by atoms with E-state index in [9.17, 15) is 9.59 Å². The summed E-state index contributed by atoms with van der Waals surface area (Å²) in [5.41, 5.74) is 6.51. The van der Waals surface area contributed by atoms with E-state index in [1.54, 1.807) is 24.3 Å². The summed E-state index contributed by atoms with van der Waals surface area (Å²) in [5.74, 6) is 0.355. The van der Waals surface area contributed by atoms with Gasteiger partial charge in [-0.05, 0) is 54.9 Å². The lowest BCUT2D eigenvalue weighted by Crippen LogP contribution is -2.36. The number of hydrogen-bond acceptors (Lipinski definition) is 5. The molecule has 0 saturated heterocycles. The molecule has 1 aliphatic rings. The maximum Gasteiger partial charge on any atom is 0.344 e. The van der Waals surface area contributed by atoms with Crippen molar-refractivity contribution >= 4 is 17.6 Å². The van der Waals surface area contributed by atoms with Crippen LogP contribution in [-0.2, 0) is 14.3 Å². The third-order valence-corrected chi connectivity index (χ3v) is 4.71. The average molecular weight is 333 g/mol. The minimum atomic E-state index is -0.552. The minimum absolute atomic E-state index is 0.0866. The molecule has 1 aromatic rings. The highest BCUT2D eigenvalue weighted by atomic mass is 16.6. The highest BCUT2D eigenvalue weighted by Crippen LogP contribution is 2.35. The molecule has 0 radical (unpaired) electrons. The van der Waals surface area contributed by atoms with Crippen molar-refractivity contribution in [3.63, 3.8) is 0 Å². The summed E-state index contributed by atoms with van der Waals surface area (Å²) >= 11 is 0. The molecule has 5 nitrogen and oxygen atoms in total. The fourth-order valence-electron chi connectivity index (χ4n) is 3.28. The van der Waals surface area contributed by atoms with Gasteiger partial charge in [-0.15, -0.1) is 0 Å². The Kier molecular flexibility index (Phi) is 6.23. The molecular formula is C19H27NO4. The van der Waals surface area contributed by atoms with Gasteiger partial charge in [0.05, 0.1) is 5.56 Å². The van der Waals surface area contributed by atoms with Crippen molar-refractivity contribution in [3.8, 4) is 0 Å². The lowest BCUT2D eigenvalue weighted by Gasteiger charge is -2.36. The zero-order valence-electron chi connectivity index (χ0n) is 14.7. The van der Waals surface area contributed by atoms with Crippen molar-refractivity contribution in [2.24, 2.45) is 17.8 Å². The van der Waals surface area contributed by atoms with E-state index in [-0.39, 0.29) is 12.7 Å². The van der Waals surface area contributed by atoms with Crippen LogP contribution in [-0.4, -0.2) is 24.6 Å². The molecular weight excluding hydrogens is 306 g/mol. The van der Waals surface area contributed by atoms with Crippen LogP contribution in [0, 0.1) is 17.8 Å². The van der Waals surface area contributed by atoms with E-state index in [4.69, 9.17) is 15.2 Å². The fraction of sp³-hybridized carbons (Fsp3) is 0.579. The van der Waals surface area contributed by atoms with Crippen LogP contribution in [0.5, 0.6) is 0 Å². The monoisotopic (exact) mass is 333 g/mol. The zero-order valence-corrected chi connectivity index (χ0v) is 14.7. The number of nitrogen functional groups attached to an aromatic ring is 1. The molecule has 0 bridgehead atoms. The predicted molar refractivity (Wildman–Crippen MR) is 92.4 cm³/mol. The van der Waals surface area contributed by atoms with Gasteiger partial charge >= 0.3 is 11.9 Å². The molecule has 5 heteroatoms. The number of benzene rings is 1. The van der Waals surface area contributed by atoms with E-state index in [0.717, 1.165) is 12.8 Å². The fourth-order valence-corrected chi connectivity index (χ4v) is 3.28. The third kappa shape index (κ3) is 4.98. The second-order valence-corrected chi connectivity index (χ2v) is 7.05. The van der Waals surface area contributed by atoms with E-state index in [1.165, 1.54) is 6.42 Å². The Bertz CT molecular complexity index is 567. The summed E-state index contributed by atoms with van der Waals surface area (Å²) in [6, 6.07) is 6.37. The van der Waals surface area contributed by atoms with Gasteiger partial charge in [0.15, 0.2) is 6.61 Å². The Hall–Kier alpha value is -2.04. The molecule has 2 N–H and O–H groups in total. The Morgan fingerprint density at radius 1 is 1.21 bits per heavy atom. The van der Waals surface area contributed by atoms with Gasteiger partial charge in [-0.2, -0.15) is 0 Å². The van der Waals surface area contributed by atoms with Crippen LogP contribution in [0.2, 0.25) is 0 Å². The van der Waals surface area contributed by atoms with Crippen molar-refractivity contribution in [1.82, 2.24) is 0 Å². The first-order valence-electron chi connectivity index (χ1n) is 8.59. The van der Waals surface area contributed by atoms with E-state index in [0.29, 0.717) is 29.0 Å². The van der Waals surface area contributed by atoms with E-state index in [1.807, 2.05) is 0 Å². The lowest BCUT2D eigenvalue weighted by molar-refractivity contribution is -0.159. The van der Waals surface area contributed by atoms with Crippen LogP contribution in [0.25, 0.3) is 0 Å². The Morgan fingerprint density at radius 3 is 2.50 bits per heavy atom. The Labute approximate surface area is 143 Å². The molecule has 1 aliphatic carbocycles. The second kappa shape index (κ2) is 8.18. The van der Waals surface area contributed by atoms with Gasteiger partial charge in [-0.1, -0.05) is 27.2 Å². The van der Waals surface area contributed by atoms with Crippen LogP contribution < -0.4 is 5.73 Å². The van der Waals surface area contributed by atoms with Crippen molar-refractivity contribution < 1.29 is 19.1 Å². The number of rotatable bonds is 5. The summed E-state index contributed by atoms with van der Waals surface area (Å²) in [5, 5.41) is 0. The first-order valence-corrected chi connectivity index (χ1v) is 8.59. The lowest BCUT2D eigenvalue weighted by atomic mass is 9.75. The molecule has 2 rings (SSSR count). The van der Waals surface area contributed by atoms with Crippen LogP contribution in [0.3, 0.4) is 0 Å². The first kappa shape index (κ1) is 18.3. The molecule has 1 fully saturated rings. The minimum Gasteiger partial charge on any atom is -0.460 e. The van der Waals surface area contributed by atoms with Gasteiger partial charge < -0.3 is 15.2 Å². The van der Waals surface area contributed by atoms with Crippen LogP contribution in [0.4, 0.5) is 5.69 Å². The van der Waals surface area contributed by atoms with Gasteiger partial charge in [-0.25, -0.2) is 9.59 Å². The van der Waals surface area contributed by atoms with Gasteiger partial charge in [0.1, 0.15) is 6.10 Å². The largest absolute Gasteiger partial charge is 0.460 e. The molecule has 1 saturated carbocycles. The Morgan fingerprint density at radius 2 is 1.88 bits per heavy atom. The predicted octanol–water partition coefficient (Wildman–Crippen LogP) is 3.43. The quantitative estimate of drug-likeness (QED) is 0.660. The van der Waals surface area contributed by atoms with E-state index in [2.05, 4.69) is 20.8 Å². The third-order valence-electron chi connectivity index (χ3n) is 4.71.